The number of nitrogens with two attached hydrogens (primary N) is 1. The lowest BCUT2D eigenvalue weighted by Gasteiger charge is -2.19. The van der Waals surface area contributed by atoms with Gasteiger partial charge in [0.25, 0.3) is 0 Å². The Kier molecular flexibility index (Phi) is 4.28. The van der Waals surface area contributed by atoms with Gasteiger partial charge >= 0.3 is 0 Å². The van der Waals surface area contributed by atoms with Gasteiger partial charge in [0.05, 0.1) is 6.54 Å². The van der Waals surface area contributed by atoms with Crippen molar-refractivity contribution in [3.8, 4) is 5.95 Å². The summed E-state index contributed by atoms with van der Waals surface area (Å²) in [6.07, 6.45) is 4.87. The molecule has 21 heavy (non-hydrogen) atoms. The van der Waals surface area contributed by atoms with Crippen molar-refractivity contribution < 1.29 is 4.79 Å². The van der Waals surface area contributed by atoms with Crippen molar-refractivity contribution in [1.29, 1.82) is 0 Å². The standard InChI is InChI=1S/C11H17N9O/c1-18(2)8(21)6-19(3)10-14-9(17-12)15-11(16-10)20-5-4-13-7-20/h4-5,7H,6,12H2,1-3H3,(H,14,15,16,17). The number of nitrogens with one attached hydrogen (secondary N) is 1. The number of nitrogen functional groups attached to an aromatic ring is 1. The number of aromatic nitrogens is 5. The summed E-state index contributed by atoms with van der Waals surface area (Å²) in [6.45, 7) is 0.143. The van der Waals surface area contributed by atoms with Gasteiger partial charge in [-0.25, -0.2) is 10.8 Å². The maximum Gasteiger partial charge on any atom is 0.243 e. The van der Waals surface area contributed by atoms with Crippen LogP contribution in [0, 0.1) is 0 Å². The van der Waals surface area contributed by atoms with E-state index in [1.54, 1.807) is 49.3 Å². The van der Waals surface area contributed by atoms with E-state index in [0.29, 0.717) is 11.9 Å². The van der Waals surface area contributed by atoms with Gasteiger partial charge in [-0.1, -0.05) is 0 Å². The van der Waals surface area contributed by atoms with Crippen LogP contribution in [0.15, 0.2) is 18.7 Å². The zero-order valence-corrected chi connectivity index (χ0v) is 12.1. The van der Waals surface area contributed by atoms with Crippen LogP contribution >= 0.6 is 0 Å². The van der Waals surface area contributed by atoms with Crippen molar-refractivity contribution in [2.45, 2.75) is 0 Å². The zero-order chi connectivity index (χ0) is 15.4. The fourth-order valence-electron chi connectivity index (χ4n) is 1.50. The summed E-state index contributed by atoms with van der Waals surface area (Å²) >= 11 is 0. The van der Waals surface area contributed by atoms with Crippen LogP contribution in [0.5, 0.6) is 0 Å². The lowest BCUT2D eigenvalue weighted by Crippen LogP contribution is -2.35. The SMILES string of the molecule is CN(C)C(=O)CN(C)c1nc(NN)nc(-n2ccnc2)n1. The Bertz CT molecular complexity index is 610. The molecule has 0 aromatic carbocycles. The third-order valence-electron chi connectivity index (χ3n) is 2.69. The van der Waals surface area contributed by atoms with Crippen molar-refractivity contribution in [3.05, 3.63) is 18.7 Å². The van der Waals surface area contributed by atoms with E-state index in [1.165, 1.54) is 4.90 Å². The predicted molar refractivity (Wildman–Crippen MR) is 76.7 cm³/mol. The highest BCUT2D eigenvalue weighted by Crippen LogP contribution is 2.11. The molecule has 0 bridgehead atoms. The summed E-state index contributed by atoms with van der Waals surface area (Å²) in [6, 6.07) is 0. The average molecular weight is 291 g/mol. The fraction of sp³-hybridized carbons (Fsp3) is 0.364. The molecule has 0 saturated heterocycles. The molecule has 10 nitrogen and oxygen atoms in total. The number of carbonyl (C=O) groups excluding carboxylic acids is 1. The minimum absolute atomic E-state index is 0.0654. The predicted octanol–water partition coefficient (Wildman–Crippen LogP) is -1.13. The molecule has 0 atom stereocenters. The number of carbonyl (C=O) groups is 1. The van der Waals surface area contributed by atoms with E-state index in [9.17, 15) is 4.79 Å². The monoisotopic (exact) mass is 291 g/mol. The van der Waals surface area contributed by atoms with E-state index < -0.39 is 0 Å². The van der Waals surface area contributed by atoms with Gasteiger partial charge in [-0.15, -0.1) is 0 Å². The first-order valence-electron chi connectivity index (χ1n) is 6.13. The summed E-state index contributed by atoms with van der Waals surface area (Å²) in [4.78, 5) is 31.4. The van der Waals surface area contributed by atoms with Crippen LogP contribution in [0.25, 0.3) is 5.95 Å². The van der Waals surface area contributed by atoms with Crippen LogP contribution in [0.3, 0.4) is 0 Å². The first-order chi connectivity index (χ1) is 10.0. The second kappa shape index (κ2) is 6.13. The van der Waals surface area contributed by atoms with E-state index in [0.717, 1.165) is 0 Å². The molecule has 0 unspecified atom stereocenters. The molecule has 2 rings (SSSR count). The number of anilines is 2. The molecule has 0 fully saturated rings. The summed E-state index contributed by atoms with van der Waals surface area (Å²) < 4.78 is 1.62. The molecule has 10 heteroatoms. The lowest BCUT2D eigenvalue weighted by atomic mass is 10.5. The maximum absolute atomic E-state index is 11.8. The van der Waals surface area contributed by atoms with Crippen LogP contribution < -0.4 is 16.2 Å². The van der Waals surface area contributed by atoms with Crippen molar-refractivity contribution in [1.82, 2.24) is 29.4 Å². The number of amides is 1. The molecule has 3 N–H and O–H groups in total. The molecule has 2 aromatic rings. The van der Waals surface area contributed by atoms with Gasteiger partial charge in [-0.05, 0) is 0 Å². The van der Waals surface area contributed by atoms with Gasteiger partial charge in [0, 0.05) is 33.5 Å². The van der Waals surface area contributed by atoms with Gasteiger partial charge in [-0.3, -0.25) is 14.8 Å². The average Bonchev–Trinajstić information content (AvgIpc) is 3.00. The molecular weight excluding hydrogens is 274 g/mol. The summed E-state index contributed by atoms with van der Waals surface area (Å²) in [7, 11) is 5.09. The normalized spacial score (nSPS) is 10.3. The van der Waals surface area contributed by atoms with E-state index in [2.05, 4.69) is 25.4 Å². The van der Waals surface area contributed by atoms with Crippen LogP contribution in [0.2, 0.25) is 0 Å². The Morgan fingerprint density at radius 1 is 1.33 bits per heavy atom. The van der Waals surface area contributed by atoms with Crippen molar-refractivity contribution in [3.63, 3.8) is 0 Å². The van der Waals surface area contributed by atoms with Crippen LogP contribution in [0.4, 0.5) is 11.9 Å². The first kappa shape index (κ1) is 14.7. The van der Waals surface area contributed by atoms with Crippen molar-refractivity contribution >= 4 is 17.8 Å². The summed E-state index contributed by atoms with van der Waals surface area (Å²) in [5, 5.41) is 0. The Morgan fingerprint density at radius 3 is 2.67 bits per heavy atom. The molecule has 2 heterocycles. The van der Waals surface area contributed by atoms with Gasteiger partial charge in [-0.2, -0.15) is 15.0 Å². The third-order valence-corrected chi connectivity index (χ3v) is 2.69. The van der Waals surface area contributed by atoms with Crippen LogP contribution in [-0.2, 0) is 4.79 Å². The molecule has 0 aliphatic rings. The van der Waals surface area contributed by atoms with Crippen LogP contribution in [0.1, 0.15) is 0 Å². The lowest BCUT2D eigenvalue weighted by molar-refractivity contribution is -0.127. The molecule has 1 amide bonds. The van der Waals surface area contributed by atoms with Gasteiger partial charge in [0.2, 0.25) is 23.8 Å². The smallest absolute Gasteiger partial charge is 0.243 e. The number of rotatable bonds is 5. The molecule has 0 aliphatic carbocycles. The van der Waals surface area contributed by atoms with Crippen molar-refractivity contribution in [2.24, 2.45) is 5.84 Å². The topological polar surface area (TPSA) is 118 Å². The second-order valence-electron chi connectivity index (χ2n) is 4.52. The fourth-order valence-corrected chi connectivity index (χ4v) is 1.50. The Hall–Kier alpha value is -2.75. The van der Waals surface area contributed by atoms with E-state index in [-0.39, 0.29) is 18.4 Å². The largest absolute Gasteiger partial charge is 0.347 e. The zero-order valence-electron chi connectivity index (χ0n) is 12.1. The van der Waals surface area contributed by atoms with E-state index in [1.807, 2.05) is 0 Å². The molecular formula is C11H17N9O. The Morgan fingerprint density at radius 2 is 2.10 bits per heavy atom. The number of nitrogens with zero attached hydrogens (tertiary/aromatic N) is 7. The van der Waals surface area contributed by atoms with Gasteiger partial charge in [0.1, 0.15) is 6.33 Å². The third kappa shape index (κ3) is 3.42. The molecule has 0 radical (unpaired) electrons. The number of hydrogen-bond acceptors (Lipinski definition) is 8. The summed E-state index contributed by atoms with van der Waals surface area (Å²) in [5.41, 5.74) is 2.38. The number of hydrogen-bond donors (Lipinski definition) is 2. The number of likely N-dealkylation sites (N-methyl/N-ethyl adjacent to an activating group) is 2. The minimum atomic E-state index is -0.0654. The highest BCUT2D eigenvalue weighted by atomic mass is 16.2. The van der Waals surface area contributed by atoms with Crippen molar-refractivity contribution in [2.75, 3.05) is 38.0 Å². The molecule has 2 aromatic heterocycles. The minimum Gasteiger partial charge on any atom is -0.347 e. The maximum atomic E-state index is 11.8. The second-order valence-corrected chi connectivity index (χ2v) is 4.52. The van der Waals surface area contributed by atoms with E-state index in [4.69, 9.17) is 5.84 Å². The quantitative estimate of drug-likeness (QED) is 0.524. The Labute approximate surface area is 121 Å². The summed E-state index contributed by atoms with van der Waals surface area (Å²) in [5.74, 6) is 6.19. The Balaban J connectivity index is 2.30. The number of imidazole rings is 1. The molecule has 0 saturated carbocycles. The van der Waals surface area contributed by atoms with Crippen LogP contribution in [-0.4, -0.2) is 63.0 Å². The van der Waals surface area contributed by atoms with E-state index >= 15 is 0 Å². The highest BCUT2D eigenvalue weighted by molar-refractivity contribution is 5.80. The molecule has 0 spiro atoms. The van der Waals surface area contributed by atoms with Gasteiger partial charge in [0.15, 0.2) is 0 Å². The highest BCUT2D eigenvalue weighted by Gasteiger charge is 2.14. The molecule has 112 valence electrons. The van der Waals surface area contributed by atoms with Gasteiger partial charge < -0.3 is 9.80 Å². The first-order valence-corrected chi connectivity index (χ1v) is 6.13. The molecule has 0 aliphatic heterocycles. The number of hydrazine groups is 1.